The highest BCUT2D eigenvalue weighted by molar-refractivity contribution is 7.14. The van der Waals surface area contributed by atoms with Crippen molar-refractivity contribution in [2.75, 3.05) is 31.1 Å². The van der Waals surface area contributed by atoms with Crippen LogP contribution in [0.25, 0.3) is 0 Å². The molecular weight excluding hydrogens is 360 g/mol. The fourth-order valence-corrected chi connectivity index (χ4v) is 4.47. The lowest BCUT2D eigenvalue weighted by molar-refractivity contribution is -0.917. The Morgan fingerprint density at radius 2 is 1.81 bits per heavy atom. The van der Waals surface area contributed by atoms with Gasteiger partial charge in [0.05, 0.1) is 31.9 Å². The van der Waals surface area contributed by atoms with Gasteiger partial charge in [0.1, 0.15) is 12.2 Å². The van der Waals surface area contributed by atoms with E-state index < -0.39 is 0 Å². The quantitative estimate of drug-likeness (QED) is 0.869. The molecule has 144 valence electrons. The van der Waals surface area contributed by atoms with Crippen molar-refractivity contribution in [1.29, 1.82) is 0 Å². The number of anilines is 2. The van der Waals surface area contributed by atoms with E-state index in [2.05, 4.69) is 0 Å². The third-order valence-corrected chi connectivity index (χ3v) is 5.93. The number of aromatic nitrogens is 1. The molecule has 1 fully saturated rings. The molecule has 6 nitrogen and oxygen atoms in total. The molecule has 0 spiro atoms. The number of amides is 2. The molecule has 1 saturated heterocycles. The van der Waals surface area contributed by atoms with Crippen LogP contribution >= 0.6 is 11.3 Å². The van der Waals surface area contributed by atoms with Crippen molar-refractivity contribution in [2.45, 2.75) is 34.2 Å². The number of aryl methyl sites for hydroxylation is 2. The maximum absolute atomic E-state index is 12.4. The first-order valence-corrected chi connectivity index (χ1v) is 10.1. The van der Waals surface area contributed by atoms with Crippen LogP contribution < -0.4 is 9.80 Å². The fourth-order valence-electron chi connectivity index (χ4n) is 3.60. The van der Waals surface area contributed by atoms with Crippen molar-refractivity contribution in [3.63, 3.8) is 0 Å². The summed E-state index contributed by atoms with van der Waals surface area (Å²) in [4.78, 5) is 33.7. The van der Waals surface area contributed by atoms with E-state index in [9.17, 15) is 9.59 Å². The third-order valence-electron chi connectivity index (χ3n) is 5.06. The molecule has 1 aromatic carbocycles. The molecule has 27 heavy (non-hydrogen) atoms. The van der Waals surface area contributed by atoms with Crippen LogP contribution in [-0.2, 0) is 16.1 Å². The van der Waals surface area contributed by atoms with Crippen LogP contribution in [-0.4, -0.2) is 47.9 Å². The largest absolute Gasteiger partial charge is 0.332 e. The monoisotopic (exact) mass is 387 g/mol. The minimum absolute atomic E-state index is 0.0317. The normalized spacial score (nSPS) is 15.0. The molecule has 2 heterocycles. The average Bonchev–Trinajstić information content (AvgIpc) is 3.06. The molecule has 0 saturated carbocycles. The van der Waals surface area contributed by atoms with Crippen LogP contribution in [0, 0.1) is 13.8 Å². The molecule has 7 heteroatoms. The van der Waals surface area contributed by atoms with Gasteiger partial charge in [-0.25, -0.2) is 4.98 Å². The molecule has 3 rings (SSSR count). The molecule has 1 aliphatic heterocycles. The summed E-state index contributed by atoms with van der Waals surface area (Å²) in [7, 11) is 0. The Bertz CT molecular complexity index is 820. The van der Waals surface area contributed by atoms with Gasteiger partial charge in [-0.1, -0.05) is 18.2 Å². The van der Waals surface area contributed by atoms with E-state index in [-0.39, 0.29) is 11.8 Å². The van der Waals surface area contributed by atoms with Crippen molar-refractivity contribution in [1.82, 2.24) is 9.88 Å². The molecular formula is C20H27N4O2S+. The Hall–Kier alpha value is -2.25. The first kappa shape index (κ1) is 19.5. The van der Waals surface area contributed by atoms with Crippen LogP contribution in [0.4, 0.5) is 10.8 Å². The van der Waals surface area contributed by atoms with Crippen molar-refractivity contribution >= 4 is 34.0 Å². The predicted molar refractivity (Wildman–Crippen MR) is 108 cm³/mol. The second-order valence-electron chi connectivity index (χ2n) is 7.15. The summed E-state index contributed by atoms with van der Waals surface area (Å²) >= 11 is 1.51. The number of thiazole rings is 1. The van der Waals surface area contributed by atoms with Gasteiger partial charge in [-0.05, 0) is 25.0 Å². The highest BCUT2D eigenvalue weighted by atomic mass is 32.1. The van der Waals surface area contributed by atoms with Gasteiger partial charge in [-0.15, -0.1) is 11.3 Å². The molecule has 0 bridgehead atoms. The number of carbonyl (C=O) groups excluding carboxylic acids is 2. The molecule has 0 unspecified atom stereocenters. The summed E-state index contributed by atoms with van der Waals surface area (Å²) in [5.41, 5.74) is 4.05. The van der Waals surface area contributed by atoms with Gasteiger partial charge in [-0.3, -0.25) is 14.5 Å². The topological polar surface area (TPSA) is 58.0 Å². The SMILES string of the molecule is CC(=O)N1CC[NH+](Cc2csc(N(C(C)=O)c3c(C)cccc3C)n2)CC1. The van der Waals surface area contributed by atoms with Gasteiger partial charge >= 0.3 is 0 Å². The predicted octanol–water partition coefficient (Wildman–Crippen LogP) is 1.69. The Balaban J connectivity index is 1.76. The second kappa shape index (κ2) is 8.19. The van der Waals surface area contributed by atoms with Gasteiger partial charge < -0.3 is 9.80 Å². The summed E-state index contributed by atoms with van der Waals surface area (Å²) in [6.07, 6.45) is 0. The zero-order valence-corrected chi connectivity index (χ0v) is 17.2. The number of rotatable bonds is 4. The van der Waals surface area contributed by atoms with Gasteiger partial charge in [0.2, 0.25) is 11.8 Å². The number of para-hydroxylation sites is 1. The van der Waals surface area contributed by atoms with Crippen molar-refractivity contribution in [3.8, 4) is 0 Å². The van der Waals surface area contributed by atoms with Crippen molar-refractivity contribution in [2.24, 2.45) is 0 Å². The van der Waals surface area contributed by atoms with Crippen LogP contribution in [0.1, 0.15) is 30.7 Å². The van der Waals surface area contributed by atoms with E-state index in [0.717, 1.165) is 60.4 Å². The van der Waals surface area contributed by atoms with Crippen LogP contribution in [0.5, 0.6) is 0 Å². The second-order valence-corrected chi connectivity index (χ2v) is 7.99. The van der Waals surface area contributed by atoms with Crippen LogP contribution in [0.3, 0.4) is 0 Å². The Morgan fingerprint density at radius 1 is 1.19 bits per heavy atom. The van der Waals surface area contributed by atoms with Gasteiger partial charge in [0, 0.05) is 19.2 Å². The van der Waals surface area contributed by atoms with E-state index in [1.54, 1.807) is 18.7 Å². The maximum atomic E-state index is 12.4. The first-order chi connectivity index (χ1) is 12.9. The lowest BCUT2D eigenvalue weighted by atomic mass is 10.1. The summed E-state index contributed by atoms with van der Waals surface area (Å²) < 4.78 is 0. The lowest BCUT2D eigenvalue weighted by Gasteiger charge is -2.31. The minimum Gasteiger partial charge on any atom is -0.332 e. The van der Waals surface area contributed by atoms with Crippen molar-refractivity contribution in [3.05, 3.63) is 40.4 Å². The van der Waals surface area contributed by atoms with E-state index in [1.165, 1.54) is 16.2 Å². The van der Waals surface area contributed by atoms with Gasteiger partial charge in [0.25, 0.3) is 0 Å². The van der Waals surface area contributed by atoms with Gasteiger partial charge in [0.15, 0.2) is 5.13 Å². The number of hydrogen-bond acceptors (Lipinski definition) is 4. The zero-order chi connectivity index (χ0) is 19.6. The molecule has 2 amide bonds. The summed E-state index contributed by atoms with van der Waals surface area (Å²) in [5.74, 6) is 0.117. The molecule has 0 atom stereocenters. The molecule has 1 aromatic heterocycles. The molecule has 1 N–H and O–H groups in total. The van der Waals surface area contributed by atoms with E-state index >= 15 is 0 Å². The van der Waals surface area contributed by atoms with Crippen LogP contribution in [0.15, 0.2) is 23.6 Å². The number of nitrogens with one attached hydrogen (secondary N) is 1. The number of nitrogens with zero attached hydrogens (tertiary/aromatic N) is 3. The number of piperazine rings is 1. The number of quaternary nitrogens is 1. The third kappa shape index (κ3) is 4.36. The number of hydrogen-bond donors (Lipinski definition) is 1. The summed E-state index contributed by atoms with van der Waals surface area (Å²) in [6, 6.07) is 6.04. The van der Waals surface area contributed by atoms with Crippen LogP contribution in [0.2, 0.25) is 0 Å². The maximum Gasteiger partial charge on any atom is 0.230 e. The minimum atomic E-state index is -0.0317. The number of benzene rings is 1. The Labute approximate surface area is 164 Å². The Morgan fingerprint density at radius 3 is 2.37 bits per heavy atom. The van der Waals surface area contributed by atoms with E-state index in [0.29, 0.717) is 0 Å². The fraction of sp³-hybridized carbons (Fsp3) is 0.450. The number of carbonyl (C=O) groups is 2. The lowest BCUT2D eigenvalue weighted by Crippen LogP contribution is -3.13. The van der Waals surface area contributed by atoms with Crippen molar-refractivity contribution < 1.29 is 14.5 Å². The Kier molecular flexibility index (Phi) is 5.92. The molecule has 1 aliphatic rings. The first-order valence-electron chi connectivity index (χ1n) is 9.27. The molecule has 2 aromatic rings. The zero-order valence-electron chi connectivity index (χ0n) is 16.4. The highest BCUT2D eigenvalue weighted by Crippen LogP contribution is 2.33. The summed E-state index contributed by atoms with van der Waals surface area (Å²) in [6.45, 7) is 11.5. The van der Waals surface area contributed by atoms with E-state index in [4.69, 9.17) is 4.98 Å². The van der Waals surface area contributed by atoms with Gasteiger partial charge in [-0.2, -0.15) is 0 Å². The smallest absolute Gasteiger partial charge is 0.230 e. The van der Waals surface area contributed by atoms with E-state index in [1.807, 2.05) is 42.3 Å². The average molecular weight is 388 g/mol. The standard InChI is InChI=1S/C20H26N4O2S/c1-14-6-5-7-15(2)19(14)24(17(4)26)20-21-18(13-27-20)12-22-8-10-23(11-9-22)16(3)25/h5-7,13H,8-12H2,1-4H3/p+1. The summed E-state index contributed by atoms with van der Waals surface area (Å²) in [5, 5.41) is 2.76. The molecule has 0 aliphatic carbocycles. The molecule has 0 radical (unpaired) electrons. The highest BCUT2D eigenvalue weighted by Gasteiger charge is 2.24.